The molecule has 1 fully saturated rings. The van der Waals surface area contributed by atoms with Gasteiger partial charge in [0.1, 0.15) is 12.4 Å². The fourth-order valence-electron chi connectivity index (χ4n) is 3.44. The number of amides is 1. The number of benzene rings is 3. The summed E-state index contributed by atoms with van der Waals surface area (Å²) in [7, 11) is 0. The molecule has 3 aromatic carbocycles. The Morgan fingerprint density at radius 3 is 2.54 bits per heavy atom. The van der Waals surface area contributed by atoms with E-state index in [1.165, 1.54) is 23.9 Å². The molecule has 1 heterocycles. The second kappa shape index (κ2) is 10.7. The van der Waals surface area contributed by atoms with Crippen LogP contribution in [0.25, 0.3) is 6.08 Å². The molecule has 3 aromatic rings. The molecule has 0 unspecified atom stereocenters. The van der Waals surface area contributed by atoms with Crippen LogP contribution >= 0.6 is 11.8 Å². The molecule has 4 rings (SSSR count). The van der Waals surface area contributed by atoms with Crippen molar-refractivity contribution in [3.63, 3.8) is 0 Å². The number of hydrogen-bond donors (Lipinski definition) is 0. The maximum absolute atomic E-state index is 13.1. The van der Waals surface area contributed by atoms with Crippen LogP contribution in [-0.2, 0) is 11.4 Å². The lowest BCUT2D eigenvalue weighted by Gasteiger charge is -2.12. The molecule has 0 atom stereocenters. The molecule has 0 bridgehead atoms. The number of carbonyl (C=O) groups is 2. The molecule has 1 aliphatic heterocycles. The average Bonchev–Trinajstić information content (AvgIpc) is 3.17. The van der Waals surface area contributed by atoms with Crippen molar-refractivity contribution in [2.75, 3.05) is 6.54 Å². The lowest BCUT2D eigenvalue weighted by molar-refractivity contribution is -0.255. The van der Waals surface area contributed by atoms with Crippen LogP contribution in [0, 0.1) is 11.3 Å². The minimum atomic E-state index is -1.26. The first kappa shape index (κ1) is 23.8. The van der Waals surface area contributed by atoms with Crippen molar-refractivity contribution < 1.29 is 19.4 Å². The fraction of sp³-hybridized carbons (Fsp3) is 0.111. The lowest BCUT2D eigenvalue weighted by atomic mass is 10.1. The number of likely N-dealkylation sites (N-methyl/N-ethyl adjacent to an activating group) is 1. The Labute approximate surface area is 207 Å². The zero-order valence-electron chi connectivity index (χ0n) is 18.8. The van der Waals surface area contributed by atoms with E-state index in [0.717, 1.165) is 11.1 Å². The molecular formula is C27H20N3O4S-. The van der Waals surface area contributed by atoms with Gasteiger partial charge in [-0.3, -0.25) is 9.69 Å². The van der Waals surface area contributed by atoms with Gasteiger partial charge in [-0.1, -0.05) is 48.5 Å². The number of amidine groups is 1. The summed E-state index contributed by atoms with van der Waals surface area (Å²) in [6, 6.07) is 22.8. The molecule has 0 spiro atoms. The summed E-state index contributed by atoms with van der Waals surface area (Å²) in [6.45, 7) is 2.52. The van der Waals surface area contributed by atoms with Gasteiger partial charge >= 0.3 is 0 Å². The number of hydrogen-bond acceptors (Lipinski definition) is 7. The third kappa shape index (κ3) is 5.42. The molecule has 1 amide bonds. The number of aromatic carboxylic acids is 1. The number of ether oxygens (including phenoxy) is 1. The number of carbonyl (C=O) groups excluding carboxylic acids is 2. The van der Waals surface area contributed by atoms with Gasteiger partial charge in [0.05, 0.1) is 28.2 Å². The summed E-state index contributed by atoms with van der Waals surface area (Å²) >= 11 is 1.24. The van der Waals surface area contributed by atoms with Crippen molar-refractivity contribution in [1.82, 2.24) is 4.90 Å². The largest absolute Gasteiger partial charge is 0.545 e. The van der Waals surface area contributed by atoms with Crippen LogP contribution in [0.2, 0.25) is 0 Å². The van der Waals surface area contributed by atoms with Crippen LogP contribution in [0.15, 0.2) is 82.7 Å². The molecule has 0 aromatic heterocycles. The predicted octanol–water partition coefficient (Wildman–Crippen LogP) is 4.12. The maximum atomic E-state index is 13.1. The standard InChI is InChI=1S/C27H21N3O4S/c1-2-30-25(31)24(35-27(30)29-22-13-11-18(12-14-22)26(32)33)15-19-7-5-6-10-23(19)34-17-21-9-4-3-8-20(21)16-28/h3-15H,2,17H2,1H3,(H,32,33)/p-1/b24-15-,29-27?. The molecule has 7 nitrogen and oxygen atoms in total. The fourth-order valence-corrected chi connectivity index (χ4v) is 4.49. The normalized spacial score (nSPS) is 15.4. The van der Waals surface area contributed by atoms with Crippen LogP contribution in [0.4, 0.5) is 5.69 Å². The van der Waals surface area contributed by atoms with Gasteiger partial charge in [-0.05, 0) is 54.6 Å². The van der Waals surface area contributed by atoms with Gasteiger partial charge in [0, 0.05) is 17.7 Å². The second-order valence-corrected chi connectivity index (χ2v) is 8.49. The summed E-state index contributed by atoms with van der Waals surface area (Å²) in [6.07, 6.45) is 1.77. The smallest absolute Gasteiger partial charge is 0.266 e. The van der Waals surface area contributed by atoms with E-state index in [2.05, 4.69) is 11.1 Å². The van der Waals surface area contributed by atoms with E-state index in [-0.39, 0.29) is 18.1 Å². The molecule has 0 radical (unpaired) electrons. The summed E-state index contributed by atoms with van der Waals surface area (Å²) in [5.41, 5.74) is 2.65. The van der Waals surface area contributed by atoms with Crippen molar-refractivity contribution >= 4 is 40.6 Å². The summed E-state index contributed by atoms with van der Waals surface area (Å²) in [4.78, 5) is 30.6. The molecule has 0 saturated carbocycles. The highest BCUT2D eigenvalue weighted by atomic mass is 32.2. The van der Waals surface area contributed by atoms with Gasteiger partial charge < -0.3 is 14.6 Å². The third-order valence-electron chi connectivity index (χ3n) is 5.26. The molecule has 1 saturated heterocycles. The number of carboxylic acid groups (broad SMARTS) is 1. The van der Waals surface area contributed by atoms with E-state index in [4.69, 9.17) is 4.74 Å². The van der Waals surface area contributed by atoms with Crippen LogP contribution in [-0.4, -0.2) is 28.5 Å². The van der Waals surface area contributed by atoms with Crippen LogP contribution in [0.1, 0.15) is 34.0 Å². The number of rotatable bonds is 7. The Morgan fingerprint density at radius 1 is 1.11 bits per heavy atom. The van der Waals surface area contributed by atoms with Gasteiger partial charge in [0.2, 0.25) is 0 Å². The Kier molecular flexibility index (Phi) is 7.29. The van der Waals surface area contributed by atoms with Crippen molar-refractivity contribution in [3.05, 3.63) is 100.0 Å². The SMILES string of the molecule is CCN1C(=O)/C(=C/c2ccccc2OCc2ccccc2C#N)SC1=Nc1ccc(C(=O)[O-])cc1. The predicted molar refractivity (Wildman–Crippen MR) is 133 cm³/mol. The van der Waals surface area contributed by atoms with E-state index in [1.807, 2.05) is 43.3 Å². The van der Waals surface area contributed by atoms with E-state index in [0.29, 0.717) is 33.6 Å². The minimum absolute atomic E-state index is 0.0611. The molecular weight excluding hydrogens is 462 g/mol. The lowest BCUT2D eigenvalue weighted by Crippen LogP contribution is -2.28. The zero-order chi connectivity index (χ0) is 24.8. The summed E-state index contributed by atoms with van der Waals surface area (Å²) in [5.74, 6) is -0.841. The van der Waals surface area contributed by atoms with Gasteiger partial charge in [-0.25, -0.2) is 4.99 Å². The molecule has 1 aliphatic rings. The van der Waals surface area contributed by atoms with Gasteiger partial charge in [-0.2, -0.15) is 5.26 Å². The molecule has 0 aliphatic carbocycles. The number of nitrogens with zero attached hydrogens (tertiary/aromatic N) is 3. The van der Waals surface area contributed by atoms with Gasteiger partial charge in [0.25, 0.3) is 5.91 Å². The van der Waals surface area contributed by atoms with Crippen LogP contribution in [0.5, 0.6) is 5.75 Å². The number of thioether (sulfide) groups is 1. The molecule has 0 N–H and O–H groups in total. The second-order valence-electron chi connectivity index (χ2n) is 7.48. The van der Waals surface area contributed by atoms with E-state index in [1.54, 1.807) is 35.2 Å². The van der Waals surface area contributed by atoms with E-state index in [9.17, 15) is 20.0 Å². The first-order chi connectivity index (χ1) is 17.0. The molecule has 8 heteroatoms. The van der Waals surface area contributed by atoms with Crippen molar-refractivity contribution in [2.45, 2.75) is 13.5 Å². The van der Waals surface area contributed by atoms with Crippen LogP contribution in [0.3, 0.4) is 0 Å². The quantitative estimate of drug-likeness (QED) is 0.469. The molecule has 174 valence electrons. The first-order valence-corrected chi connectivity index (χ1v) is 11.6. The highest BCUT2D eigenvalue weighted by Gasteiger charge is 2.32. The van der Waals surface area contributed by atoms with Crippen molar-refractivity contribution in [3.8, 4) is 11.8 Å². The number of nitriles is 1. The maximum Gasteiger partial charge on any atom is 0.266 e. The molecule has 35 heavy (non-hydrogen) atoms. The van der Waals surface area contributed by atoms with Crippen molar-refractivity contribution in [1.29, 1.82) is 5.26 Å². The topological polar surface area (TPSA) is 106 Å². The monoisotopic (exact) mass is 482 g/mol. The van der Waals surface area contributed by atoms with Crippen LogP contribution < -0.4 is 9.84 Å². The highest BCUT2D eigenvalue weighted by molar-refractivity contribution is 8.18. The Hall–Kier alpha value is -4.35. The number of aliphatic imine (C=N–C) groups is 1. The summed E-state index contributed by atoms with van der Waals surface area (Å²) in [5, 5.41) is 20.8. The van der Waals surface area contributed by atoms with E-state index < -0.39 is 5.97 Å². The summed E-state index contributed by atoms with van der Waals surface area (Å²) < 4.78 is 6.00. The van der Waals surface area contributed by atoms with Gasteiger partial charge in [-0.15, -0.1) is 0 Å². The van der Waals surface area contributed by atoms with E-state index >= 15 is 0 Å². The Morgan fingerprint density at radius 2 is 1.83 bits per heavy atom. The highest BCUT2D eigenvalue weighted by Crippen LogP contribution is 2.35. The Bertz CT molecular complexity index is 1370. The zero-order valence-corrected chi connectivity index (χ0v) is 19.6. The first-order valence-electron chi connectivity index (χ1n) is 10.8. The average molecular weight is 483 g/mol. The number of para-hydroxylation sites is 1. The van der Waals surface area contributed by atoms with Gasteiger partial charge in [0.15, 0.2) is 5.17 Å². The van der Waals surface area contributed by atoms with Crippen molar-refractivity contribution in [2.24, 2.45) is 4.99 Å². The Balaban J connectivity index is 1.58. The number of carboxylic acids is 1. The minimum Gasteiger partial charge on any atom is -0.545 e. The third-order valence-corrected chi connectivity index (χ3v) is 6.27.